The third-order valence-corrected chi connectivity index (χ3v) is 8.42. The van der Waals surface area contributed by atoms with Crippen molar-refractivity contribution in [1.29, 1.82) is 0 Å². The van der Waals surface area contributed by atoms with Gasteiger partial charge in [0.1, 0.15) is 40.1 Å². The first kappa shape index (κ1) is 33.9. The number of amides is 2. The van der Waals surface area contributed by atoms with Gasteiger partial charge in [-0.25, -0.2) is 19.6 Å². The molecule has 2 saturated heterocycles. The Balaban J connectivity index is 1.14. The van der Waals surface area contributed by atoms with E-state index in [0.29, 0.717) is 41.9 Å². The summed E-state index contributed by atoms with van der Waals surface area (Å²) in [5.41, 5.74) is 2.02. The first-order chi connectivity index (χ1) is 23.3. The van der Waals surface area contributed by atoms with Crippen LogP contribution in [0.4, 0.5) is 9.59 Å². The van der Waals surface area contributed by atoms with Gasteiger partial charge >= 0.3 is 12.2 Å². The Hall–Kier alpha value is -5.00. The number of nitrogens with zero attached hydrogens (tertiary/aromatic N) is 4. The molecule has 2 fully saturated rings. The lowest BCUT2D eigenvalue weighted by molar-refractivity contribution is 0.0208. The van der Waals surface area contributed by atoms with Gasteiger partial charge < -0.3 is 28.9 Å². The van der Waals surface area contributed by atoms with Crippen molar-refractivity contribution in [1.82, 2.24) is 29.7 Å². The summed E-state index contributed by atoms with van der Waals surface area (Å²) in [6, 6.07) is 13.0. The number of carbonyl (C=O) groups excluding carboxylic acids is 2. The van der Waals surface area contributed by atoms with Crippen molar-refractivity contribution in [2.75, 3.05) is 20.2 Å². The second-order valence-electron chi connectivity index (χ2n) is 14.5. The molecule has 0 radical (unpaired) electrons. The standard InChI is InChI=1S/C37H46N6O6/c1-36(2,3)48-34(44)42-18-8-10-29(42)32-38-21-27(40-32)23-12-14-24(15-13-23)47-25-16-17-31(46-7)26(20-25)28-22-39-33(41-28)30-11-9-19-43(30)35(45)49-37(4,5)6/h12-17,20-22,29-30H,8-11,18-19H2,1-7H3,(H,38,40)(H,39,41). The van der Waals surface area contributed by atoms with Crippen molar-refractivity contribution in [2.24, 2.45) is 0 Å². The molecule has 0 aliphatic carbocycles. The molecule has 0 bridgehead atoms. The van der Waals surface area contributed by atoms with Gasteiger partial charge in [-0.2, -0.15) is 0 Å². The van der Waals surface area contributed by atoms with Crippen LogP contribution in [0.1, 0.15) is 91.0 Å². The summed E-state index contributed by atoms with van der Waals surface area (Å²) in [7, 11) is 1.62. The van der Waals surface area contributed by atoms with E-state index in [2.05, 4.69) is 9.97 Å². The molecule has 2 aliphatic rings. The molecule has 2 N–H and O–H groups in total. The van der Waals surface area contributed by atoms with Crippen LogP contribution in [0.15, 0.2) is 54.9 Å². The van der Waals surface area contributed by atoms with Crippen molar-refractivity contribution < 1.29 is 28.5 Å². The number of aromatic amines is 2. The van der Waals surface area contributed by atoms with Crippen molar-refractivity contribution in [3.63, 3.8) is 0 Å². The second-order valence-corrected chi connectivity index (χ2v) is 14.5. The number of H-pyrrole nitrogens is 2. The Labute approximate surface area is 287 Å². The van der Waals surface area contributed by atoms with E-state index in [-0.39, 0.29) is 24.3 Å². The van der Waals surface area contributed by atoms with E-state index in [1.165, 1.54) is 0 Å². The largest absolute Gasteiger partial charge is 0.496 e. The van der Waals surface area contributed by atoms with Crippen molar-refractivity contribution in [3.05, 3.63) is 66.5 Å². The molecule has 4 heterocycles. The molecule has 12 nitrogen and oxygen atoms in total. The molecule has 4 aromatic rings. The number of imidazole rings is 2. The first-order valence-electron chi connectivity index (χ1n) is 16.8. The van der Waals surface area contributed by atoms with E-state index in [1.54, 1.807) is 16.9 Å². The number of hydrogen-bond donors (Lipinski definition) is 2. The summed E-state index contributed by atoms with van der Waals surface area (Å²) in [4.78, 5) is 45.4. The zero-order chi connectivity index (χ0) is 34.9. The van der Waals surface area contributed by atoms with E-state index >= 15 is 0 Å². The molecular weight excluding hydrogens is 624 g/mol. The smallest absolute Gasteiger partial charge is 0.410 e. The van der Waals surface area contributed by atoms with Crippen LogP contribution < -0.4 is 9.47 Å². The van der Waals surface area contributed by atoms with Crippen LogP contribution in [0.2, 0.25) is 0 Å². The normalized spacial score (nSPS) is 18.1. The van der Waals surface area contributed by atoms with Gasteiger partial charge in [0.25, 0.3) is 0 Å². The average Bonchev–Trinajstić information content (AvgIpc) is 3.86. The first-order valence-corrected chi connectivity index (χ1v) is 16.8. The van der Waals surface area contributed by atoms with Gasteiger partial charge in [0.05, 0.1) is 30.6 Å². The average molecular weight is 671 g/mol. The number of ether oxygens (including phenoxy) is 4. The minimum absolute atomic E-state index is 0.150. The lowest BCUT2D eigenvalue weighted by Gasteiger charge is -2.27. The van der Waals surface area contributed by atoms with Gasteiger partial charge in [0, 0.05) is 36.6 Å². The molecule has 2 atom stereocenters. The van der Waals surface area contributed by atoms with Crippen LogP contribution in [0.3, 0.4) is 0 Å². The van der Waals surface area contributed by atoms with E-state index in [4.69, 9.17) is 28.9 Å². The van der Waals surface area contributed by atoms with Gasteiger partial charge in [-0.3, -0.25) is 9.80 Å². The van der Waals surface area contributed by atoms with E-state index in [0.717, 1.165) is 48.3 Å². The lowest BCUT2D eigenvalue weighted by Crippen LogP contribution is -2.36. The summed E-state index contributed by atoms with van der Waals surface area (Å²) >= 11 is 0. The molecule has 2 unspecified atom stereocenters. The van der Waals surface area contributed by atoms with E-state index in [9.17, 15) is 9.59 Å². The number of hydrogen-bond acceptors (Lipinski definition) is 8. The minimum atomic E-state index is -0.572. The van der Waals surface area contributed by atoms with Gasteiger partial charge in [0.15, 0.2) is 0 Å². The molecule has 49 heavy (non-hydrogen) atoms. The molecule has 2 amide bonds. The number of likely N-dealkylation sites (tertiary alicyclic amines) is 2. The van der Waals surface area contributed by atoms with Gasteiger partial charge in [0.2, 0.25) is 0 Å². The van der Waals surface area contributed by atoms with Crippen molar-refractivity contribution >= 4 is 12.2 Å². The zero-order valence-electron chi connectivity index (χ0n) is 29.3. The fourth-order valence-corrected chi connectivity index (χ4v) is 6.26. The molecule has 2 aliphatic heterocycles. The fourth-order valence-electron chi connectivity index (χ4n) is 6.26. The second kappa shape index (κ2) is 13.5. The Morgan fingerprint density at radius 3 is 1.78 bits per heavy atom. The van der Waals surface area contributed by atoms with Gasteiger partial charge in [-0.1, -0.05) is 0 Å². The maximum absolute atomic E-state index is 12.9. The van der Waals surface area contributed by atoms with Gasteiger partial charge in [-0.05, 0) is 110 Å². The maximum atomic E-state index is 12.9. The molecule has 6 rings (SSSR count). The summed E-state index contributed by atoms with van der Waals surface area (Å²) < 4.78 is 23.2. The maximum Gasteiger partial charge on any atom is 0.410 e. The third-order valence-electron chi connectivity index (χ3n) is 8.42. The highest BCUT2D eigenvalue weighted by atomic mass is 16.6. The van der Waals surface area contributed by atoms with E-state index < -0.39 is 11.2 Å². The Morgan fingerprint density at radius 2 is 1.24 bits per heavy atom. The number of benzene rings is 2. The Kier molecular flexibility index (Phi) is 9.32. The predicted octanol–water partition coefficient (Wildman–Crippen LogP) is 8.41. The van der Waals surface area contributed by atoms with Crippen LogP contribution in [0.25, 0.3) is 22.5 Å². The molecule has 12 heteroatoms. The number of methoxy groups -OCH3 is 1. The predicted molar refractivity (Wildman–Crippen MR) is 185 cm³/mol. The number of aromatic nitrogens is 4. The summed E-state index contributed by atoms with van der Waals surface area (Å²) in [5.74, 6) is 3.38. The van der Waals surface area contributed by atoms with E-state index in [1.807, 2.05) is 96.4 Å². The Morgan fingerprint density at radius 1 is 0.735 bits per heavy atom. The topological polar surface area (TPSA) is 135 Å². The fraction of sp³-hybridized carbons (Fsp3) is 0.459. The quantitative estimate of drug-likeness (QED) is 0.200. The molecule has 2 aromatic heterocycles. The van der Waals surface area contributed by atoms with Crippen molar-refractivity contribution in [2.45, 2.75) is 90.5 Å². The number of nitrogens with one attached hydrogen (secondary N) is 2. The van der Waals surface area contributed by atoms with Crippen molar-refractivity contribution in [3.8, 4) is 39.8 Å². The Bertz CT molecular complexity index is 1780. The third kappa shape index (κ3) is 7.84. The highest BCUT2D eigenvalue weighted by Gasteiger charge is 2.36. The monoisotopic (exact) mass is 670 g/mol. The molecule has 0 saturated carbocycles. The molecule has 2 aromatic carbocycles. The van der Waals surface area contributed by atoms with Crippen LogP contribution in [-0.4, -0.2) is 73.3 Å². The zero-order valence-corrected chi connectivity index (χ0v) is 29.3. The molecular formula is C37H46N6O6. The summed E-state index contributed by atoms with van der Waals surface area (Å²) in [5, 5.41) is 0. The molecule has 0 spiro atoms. The molecule has 260 valence electrons. The summed E-state index contributed by atoms with van der Waals surface area (Å²) in [6.45, 7) is 12.5. The van der Waals surface area contributed by atoms with Crippen LogP contribution in [-0.2, 0) is 9.47 Å². The SMILES string of the molecule is COc1ccc(Oc2ccc(-c3c[nH]c(C4CCCN4C(=O)OC(C)(C)C)n3)cc2)cc1-c1c[nH]c(C2CCCN2C(=O)OC(C)(C)C)n1. The summed E-state index contributed by atoms with van der Waals surface area (Å²) in [6.07, 6.45) is 6.44. The van der Waals surface area contributed by atoms with Crippen LogP contribution in [0, 0.1) is 0 Å². The number of carbonyl (C=O) groups is 2. The van der Waals surface area contributed by atoms with Crippen LogP contribution >= 0.6 is 0 Å². The highest BCUT2D eigenvalue weighted by Crippen LogP contribution is 2.38. The number of rotatable bonds is 7. The van der Waals surface area contributed by atoms with Gasteiger partial charge in [-0.15, -0.1) is 0 Å². The lowest BCUT2D eigenvalue weighted by atomic mass is 10.1. The minimum Gasteiger partial charge on any atom is -0.496 e. The highest BCUT2D eigenvalue weighted by molar-refractivity contribution is 5.71. The van der Waals surface area contributed by atoms with Crippen LogP contribution in [0.5, 0.6) is 17.2 Å².